The van der Waals surface area contributed by atoms with Gasteiger partial charge in [-0.3, -0.25) is 4.79 Å². The average Bonchev–Trinajstić information content (AvgIpc) is 3.06. The van der Waals surface area contributed by atoms with Gasteiger partial charge in [0.15, 0.2) is 5.58 Å². The van der Waals surface area contributed by atoms with Crippen molar-refractivity contribution in [3.05, 3.63) is 18.3 Å². The van der Waals surface area contributed by atoms with Crippen molar-refractivity contribution in [2.75, 3.05) is 51.2 Å². The Hall–Kier alpha value is -2.15. The molecule has 128 valence electrons. The quantitative estimate of drug-likeness (QED) is 0.825. The summed E-state index contributed by atoms with van der Waals surface area (Å²) < 4.78 is 5.82. The zero-order valence-corrected chi connectivity index (χ0v) is 14.0. The maximum absolute atomic E-state index is 12.8. The minimum Gasteiger partial charge on any atom is -0.422 e. The Bertz CT molecular complexity index is 690. The molecule has 0 aliphatic carbocycles. The van der Waals surface area contributed by atoms with Crippen LogP contribution in [0.4, 0.5) is 6.01 Å². The van der Waals surface area contributed by atoms with Gasteiger partial charge in [0.25, 0.3) is 6.01 Å². The van der Waals surface area contributed by atoms with E-state index in [9.17, 15) is 4.79 Å². The molecule has 0 N–H and O–H groups in total. The molecular formula is C17H23N5O2. The molecule has 1 amide bonds. The maximum Gasteiger partial charge on any atom is 0.299 e. The van der Waals surface area contributed by atoms with Gasteiger partial charge in [-0.25, -0.2) is 4.98 Å². The van der Waals surface area contributed by atoms with Crippen molar-refractivity contribution in [3.63, 3.8) is 0 Å². The summed E-state index contributed by atoms with van der Waals surface area (Å²) in [7, 11) is 2.10. The molecule has 1 unspecified atom stereocenters. The van der Waals surface area contributed by atoms with Gasteiger partial charge in [-0.1, -0.05) is 0 Å². The number of likely N-dealkylation sites (N-methyl/N-ethyl adjacent to an activating group) is 1. The van der Waals surface area contributed by atoms with Crippen molar-refractivity contribution in [2.24, 2.45) is 5.92 Å². The number of piperazine rings is 1. The van der Waals surface area contributed by atoms with Crippen LogP contribution in [-0.4, -0.2) is 72.0 Å². The van der Waals surface area contributed by atoms with Crippen LogP contribution in [0.25, 0.3) is 11.2 Å². The predicted molar refractivity (Wildman–Crippen MR) is 90.8 cm³/mol. The molecule has 2 fully saturated rings. The molecule has 2 aliphatic rings. The SMILES string of the molecule is CN1CCN(C(=O)C2CCCN(c3nc4ncccc4o3)C2)CC1. The van der Waals surface area contributed by atoms with Crippen LogP contribution >= 0.6 is 0 Å². The van der Waals surface area contributed by atoms with Crippen LogP contribution in [0.2, 0.25) is 0 Å². The van der Waals surface area contributed by atoms with Crippen molar-refractivity contribution in [2.45, 2.75) is 12.8 Å². The number of fused-ring (bicyclic) bond motifs is 1. The topological polar surface area (TPSA) is 65.7 Å². The van der Waals surface area contributed by atoms with Gasteiger partial charge in [0.1, 0.15) is 0 Å². The number of oxazole rings is 1. The smallest absolute Gasteiger partial charge is 0.299 e. The second-order valence-electron chi connectivity index (χ2n) is 6.74. The molecule has 2 aromatic heterocycles. The number of hydrogen-bond donors (Lipinski definition) is 0. The van der Waals surface area contributed by atoms with E-state index >= 15 is 0 Å². The Kier molecular flexibility index (Phi) is 4.10. The molecule has 2 saturated heterocycles. The highest BCUT2D eigenvalue weighted by atomic mass is 16.4. The standard InChI is InChI=1S/C17H23N5O2/c1-20-8-10-21(11-9-20)16(23)13-4-3-7-22(12-13)17-19-15-14(24-17)5-2-6-18-15/h2,5-6,13H,3-4,7-12H2,1H3. The van der Waals surface area contributed by atoms with Gasteiger partial charge in [0.2, 0.25) is 11.6 Å². The summed E-state index contributed by atoms with van der Waals surface area (Å²) in [6.45, 7) is 5.13. The molecule has 2 aliphatic heterocycles. The number of rotatable bonds is 2. The number of aromatic nitrogens is 2. The van der Waals surface area contributed by atoms with Crippen molar-refractivity contribution in [1.29, 1.82) is 0 Å². The van der Waals surface area contributed by atoms with Gasteiger partial charge in [-0.15, -0.1) is 0 Å². The molecule has 4 heterocycles. The molecule has 2 aromatic rings. The molecule has 0 aromatic carbocycles. The number of amides is 1. The van der Waals surface area contributed by atoms with E-state index in [1.54, 1.807) is 6.20 Å². The summed E-state index contributed by atoms with van der Waals surface area (Å²) in [6.07, 6.45) is 3.64. The first kappa shape index (κ1) is 15.4. The Balaban J connectivity index is 1.46. The number of pyridine rings is 1. The summed E-state index contributed by atoms with van der Waals surface area (Å²) in [6, 6.07) is 4.29. The lowest BCUT2D eigenvalue weighted by atomic mass is 9.96. The molecule has 0 spiro atoms. The Morgan fingerprint density at radius 2 is 2.08 bits per heavy atom. The second kappa shape index (κ2) is 6.39. The van der Waals surface area contributed by atoms with Crippen molar-refractivity contribution in [3.8, 4) is 0 Å². The van der Waals surface area contributed by atoms with E-state index in [-0.39, 0.29) is 11.8 Å². The third-order valence-electron chi connectivity index (χ3n) is 5.01. The van der Waals surface area contributed by atoms with E-state index in [4.69, 9.17) is 4.42 Å². The van der Waals surface area contributed by atoms with Crippen LogP contribution in [0.5, 0.6) is 0 Å². The van der Waals surface area contributed by atoms with E-state index in [1.807, 2.05) is 17.0 Å². The first-order chi connectivity index (χ1) is 11.7. The summed E-state index contributed by atoms with van der Waals surface area (Å²) in [4.78, 5) is 27.9. The number of carbonyl (C=O) groups is 1. The van der Waals surface area contributed by atoms with E-state index in [0.29, 0.717) is 23.8 Å². The first-order valence-corrected chi connectivity index (χ1v) is 8.64. The van der Waals surface area contributed by atoms with Gasteiger partial charge in [-0.2, -0.15) is 4.98 Å². The molecule has 4 rings (SSSR count). The molecule has 0 saturated carbocycles. The summed E-state index contributed by atoms with van der Waals surface area (Å²) in [5.41, 5.74) is 1.32. The largest absolute Gasteiger partial charge is 0.422 e. The molecule has 7 nitrogen and oxygen atoms in total. The van der Waals surface area contributed by atoms with Gasteiger partial charge >= 0.3 is 0 Å². The Morgan fingerprint density at radius 3 is 2.88 bits per heavy atom. The summed E-state index contributed by atoms with van der Waals surface area (Å²) in [5.74, 6) is 0.312. The van der Waals surface area contributed by atoms with Crippen LogP contribution in [0, 0.1) is 5.92 Å². The van der Waals surface area contributed by atoms with Crippen molar-refractivity contribution < 1.29 is 9.21 Å². The number of nitrogens with zero attached hydrogens (tertiary/aromatic N) is 5. The van der Waals surface area contributed by atoms with E-state index in [0.717, 1.165) is 45.6 Å². The maximum atomic E-state index is 12.8. The lowest BCUT2D eigenvalue weighted by Gasteiger charge is -2.37. The van der Waals surface area contributed by atoms with Crippen LogP contribution in [0.3, 0.4) is 0 Å². The fourth-order valence-electron chi connectivity index (χ4n) is 3.53. The molecule has 24 heavy (non-hydrogen) atoms. The zero-order valence-electron chi connectivity index (χ0n) is 14.0. The van der Waals surface area contributed by atoms with Crippen molar-refractivity contribution >= 4 is 23.2 Å². The lowest BCUT2D eigenvalue weighted by Crippen LogP contribution is -2.51. The molecular weight excluding hydrogens is 306 g/mol. The molecule has 7 heteroatoms. The minimum atomic E-state index is 0.0325. The predicted octanol–water partition coefficient (Wildman–Crippen LogP) is 1.21. The van der Waals surface area contributed by atoms with Crippen molar-refractivity contribution in [1.82, 2.24) is 19.8 Å². The number of anilines is 1. The highest BCUT2D eigenvalue weighted by Gasteiger charge is 2.32. The van der Waals surface area contributed by atoms with Gasteiger partial charge in [-0.05, 0) is 32.0 Å². The van der Waals surface area contributed by atoms with Crippen LogP contribution in [0.1, 0.15) is 12.8 Å². The lowest BCUT2D eigenvalue weighted by molar-refractivity contribution is -0.137. The van der Waals surface area contributed by atoms with Crippen LogP contribution < -0.4 is 4.90 Å². The zero-order chi connectivity index (χ0) is 16.5. The molecule has 1 atom stereocenters. The minimum absolute atomic E-state index is 0.0325. The number of carbonyl (C=O) groups excluding carboxylic acids is 1. The number of piperidine rings is 1. The normalized spacial score (nSPS) is 23.0. The highest BCUT2D eigenvalue weighted by Crippen LogP contribution is 2.26. The Morgan fingerprint density at radius 1 is 1.25 bits per heavy atom. The van der Waals surface area contributed by atoms with Gasteiger partial charge < -0.3 is 19.1 Å². The average molecular weight is 329 g/mol. The highest BCUT2D eigenvalue weighted by molar-refractivity contribution is 5.80. The number of hydrogen-bond acceptors (Lipinski definition) is 6. The fraction of sp³-hybridized carbons (Fsp3) is 0.588. The first-order valence-electron chi connectivity index (χ1n) is 8.64. The molecule has 0 bridgehead atoms. The van der Waals surface area contributed by atoms with Crippen LogP contribution in [-0.2, 0) is 4.79 Å². The van der Waals surface area contributed by atoms with E-state index < -0.39 is 0 Å². The summed E-state index contributed by atoms with van der Waals surface area (Å²) >= 11 is 0. The van der Waals surface area contributed by atoms with E-state index in [1.165, 1.54) is 0 Å². The second-order valence-corrected chi connectivity index (χ2v) is 6.74. The third-order valence-corrected chi connectivity index (χ3v) is 5.01. The fourth-order valence-corrected chi connectivity index (χ4v) is 3.53. The Labute approximate surface area is 141 Å². The molecule has 0 radical (unpaired) electrons. The van der Waals surface area contributed by atoms with Gasteiger partial charge in [0.05, 0.1) is 5.92 Å². The van der Waals surface area contributed by atoms with E-state index in [2.05, 4.69) is 26.8 Å². The van der Waals surface area contributed by atoms with Crippen LogP contribution in [0.15, 0.2) is 22.7 Å². The monoisotopic (exact) mass is 329 g/mol. The summed E-state index contributed by atoms with van der Waals surface area (Å²) in [5, 5.41) is 0. The van der Waals surface area contributed by atoms with Gasteiger partial charge in [0, 0.05) is 45.5 Å². The third kappa shape index (κ3) is 2.96.